The van der Waals surface area contributed by atoms with E-state index in [2.05, 4.69) is 12.0 Å². The van der Waals surface area contributed by atoms with Crippen LogP contribution in [0.25, 0.3) is 0 Å². The van der Waals surface area contributed by atoms with E-state index in [1.54, 1.807) is 10.9 Å². The minimum absolute atomic E-state index is 0.0994. The average Bonchev–Trinajstić information content (AvgIpc) is 2.64. The fourth-order valence-electron chi connectivity index (χ4n) is 1.37. The predicted molar refractivity (Wildman–Crippen MR) is 56.3 cm³/mol. The first-order valence-electron chi connectivity index (χ1n) is 5.26. The first kappa shape index (κ1) is 11.0. The van der Waals surface area contributed by atoms with Crippen molar-refractivity contribution in [2.45, 2.75) is 40.2 Å². The van der Waals surface area contributed by atoms with Gasteiger partial charge in [0, 0.05) is 18.7 Å². The molecule has 0 saturated heterocycles. The van der Waals surface area contributed by atoms with Crippen LogP contribution in [0, 0.1) is 5.92 Å². The van der Waals surface area contributed by atoms with Crippen LogP contribution in [0.3, 0.4) is 0 Å². The molecule has 1 aromatic rings. The number of hydrogen-bond donors (Lipinski definition) is 0. The molecule has 1 heterocycles. The van der Waals surface area contributed by atoms with Gasteiger partial charge in [-0.15, -0.1) is 0 Å². The second kappa shape index (κ2) is 4.94. The van der Waals surface area contributed by atoms with Crippen molar-refractivity contribution in [3.8, 4) is 0 Å². The van der Waals surface area contributed by atoms with Crippen LogP contribution in [0.1, 0.15) is 44.1 Å². The maximum Gasteiger partial charge on any atom is 0.183 e. The molecule has 78 valence electrons. The molecule has 0 N–H and O–H groups in total. The Labute approximate surface area is 85.1 Å². The summed E-state index contributed by atoms with van der Waals surface area (Å²) in [5.41, 5.74) is 0.751. The van der Waals surface area contributed by atoms with Crippen LogP contribution in [-0.2, 0) is 6.54 Å². The molecule has 0 aliphatic rings. The molecule has 14 heavy (non-hydrogen) atoms. The van der Waals surface area contributed by atoms with Crippen molar-refractivity contribution in [3.63, 3.8) is 0 Å². The fourth-order valence-corrected chi connectivity index (χ4v) is 1.37. The number of aryl methyl sites for hydroxylation is 1. The molecule has 0 aliphatic carbocycles. The summed E-state index contributed by atoms with van der Waals surface area (Å²) in [5, 5.41) is 4.14. The molecule has 3 nitrogen and oxygen atoms in total. The number of aromatic nitrogens is 2. The highest BCUT2D eigenvalue weighted by Gasteiger charge is 2.16. The monoisotopic (exact) mass is 194 g/mol. The lowest BCUT2D eigenvalue weighted by Gasteiger charge is -2.09. The van der Waals surface area contributed by atoms with E-state index in [9.17, 15) is 4.79 Å². The summed E-state index contributed by atoms with van der Waals surface area (Å²) < 4.78 is 1.80. The average molecular weight is 194 g/mol. The third kappa shape index (κ3) is 2.22. The quantitative estimate of drug-likeness (QED) is 0.675. The van der Waals surface area contributed by atoms with Gasteiger partial charge in [-0.25, -0.2) is 0 Å². The van der Waals surface area contributed by atoms with Gasteiger partial charge in [0.2, 0.25) is 0 Å². The smallest absolute Gasteiger partial charge is 0.183 e. The van der Waals surface area contributed by atoms with Crippen LogP contribution < -0.4 is 0 Å². The van der Waals surface area contributed by atoms with Gasteiger partial charge in [0.15, 0.2) is 5.78 Å². The first-order chi connectivity index (χ1) is 6.70. The van der Waals surface area contributed by atoms with Crippen LogP contribution >= 0.6 is 0 Å². The van der Waals surface area contributed by atoms with Gasteiger partial charge < -0.3 is 0 Å². The summed E-state index contributed by atoms with van der Waals surface area (Å²) in [4.78, 5) is 11.9. The third-order valence-corrected chi connectivity index (χ3v) is 2.46. The van der Waals surface area contributed by atoms with Crippen molar-refractivity contribution >= 4 is 5.78 Å². The molecule has 0 radical (unpaired) electrons. The summed E-state index contributed by atoms with van der Waals surface area (Å²) in [5.74, 6) is 0.306. The maximum atomic E-state index is 11.9. The second-order valence-corrected chi connectivity index (χ2v) is 3.61. The van der Waals surface area contributed by atoms with E-state index in [4.69, 9.17) is 0 Å². The topological polar surface area (TPSA) is 34.9 Å². The minimum atomic E-state index is 0.0994. The molecular weight excluding hydrogens is 176 g/mol. The Morgan fingerprint density at radius 2 is 2.29 bits per heavy atom. The maximum absolute atomic E-state index is 11.9. The number of nitrogens with zero attached hydrogens (tertiary/aromatic N) is 2. The van der Waals surface area contributed by atoms with E-state index in [-0.39, 0.29) is 11.7 Å². The van der Waals surface area contributed by atoms with Crippen molar-refractivity contribution in [2.75, 3.05) is 0 Å². The van der Waals surface area contributed by atoms with Gasteiger partial charge in [0.25, 0.3) is 0 Å². The van der Waals surface area contributed by atoms with Crippen molar-refractivity contribution in [3.05, 3.63) is 18.0 Å². The van der Waals surface area contributed by atoms with Gasteiger partial charge in [0.1, 0.15) is 5.69 Å². The summed E-state index contributed by atoms with van der Waals surface area (Å²) in [7, 11) is 0. The molecule has 1 unspecified atom stereocenters. The van der Waals surface area contributed by atoms with Crippen molar-refractivity contribution in [1.82, 2.24) is 9.78 Å². The number of hydrogen-bond acceptors (Lipinski definition) is 2. The van der Waals surface area contributed by atoms with Crippen molar-refractivity contribution in [1.29, 1.82) is 0 Å². The van der Waals surface area contributed by atoms with Crippen molar-refractivity contribution < 1.29 is 4.79 Å². The Bertz CT molecular complexity index is 304. The summed E-state index contributed by atoms with van der Waals surface area (Å²) in [6.07, 6.45) is 3.59. The zero-order valence-electron chi connectivity index (χ0n) is 9.16. The Kier molecular flexibility index (Phi) is 3.86. The van der Waals surface area contributed by atoms with Gasteiger partial charge in [-0.2, -0.15) is 5.10 Å². The lowest BCUT2D eigenvalue weighted by Crippen LogP contribution is -2.16. The normalized spacial score (nSPS) is 12.8. The zero-order valence-corrected chi connectivity index (χ0v) is 9.16. The lowest BCUT2D eigenvalue weighted by molar-refractivity contribution is 0.0916. The molecule has 0 saturated carbocycles. The number of Topliss-reactive ketones (excluding diaryl/α,β-unsaturated/α-hetero) is 1. The highest BCUT2D eigenvalue weighted by molar-refractivity contribution is 5.96. The van der Waals surface area contributed by atoms with Gasteiger partial charge in [-0.05, 0) is 18.9 Å². The van der Waals surface area contributed by atoms with Crippen LogP contribution in [-0.4, -0.2) is 15.6 Å². The highest BCUT2D eigenvalue weighted by Crippen LogP contribution is 2.11. The van der Waals surface area contributed by atoms with Crippen LogP contribution in [0.2, 0.25) is 0 Å². The van der Waals surface area contributed by atoms with E-state index >= 15 is 0 Å². The van der Waals surface area contributed by atoms with Crippen LogP contribution in [0.5, 0.6) is 0 Å². The molecule has 1 aromatic heterocycles. The van der Waals surface area contributed by atoms with E-state index < -0.39 is 0 Å². The Morgan fingerprint density at radius 1 is 1.57 bits per heavy atom. The molecular formula is C11H18N2O. The first-order valence-corrected chi connectivity index (χ1v) is 5.26. The molecule has 0 amide bonds. The van der Waals surface area contributed by atoms with E-state index in [1.165, 1.54) is 0 Å². The molecule has 3 heteroatoms. The Hall–Kier alpha value is -1.12. The number of carbonyl (C=O) groups is 1. The Morgan fingerprint density at radius 3 is 2.86 bits per heavy atom. The minimum Gasteiger partial charge on any atom is -0.292 e. The second-order valence-electron chi connectivity index (χ2n) is 3.61. The summed E-state index contributed by atoms with van der Waals surface area (Å²) in [6, 6.07) is 1.81. The standard InChI is InChI=1S/C11H18N2O/c1-4-8-13-10(6-7-12-13)11(14)9(3)5-2/h6-7,9H,4-5,8H2,1-3H3. The number of rotatable bonds is 5. The van der Waals surface area contributed by atoms with Crippen LogP contribution in [0.4, 0.5) is 0 Å². The lowest BCUT2D eigenvalue weighted by atomic mass is 10.0. The summed E-state index contributed by atoms with van der Waals surface area (Å²) in [6.45, 7) is 6.90. The SMILES string of the molecule is CCCn1nccc1C(=O)C(C)CC. The molecule has 1 rings (SSSR count). The molecule has 0 bridgehead atoms. The zero-order chi connectivity index (χ0) is 10.6. The number of ketones is 1. The van der Waals surface area contributed by atoms with E-state index in [1.807, 2.05) is 19.9 Å². The Balaban J connectivity index is 2.83. The number of carbonyl (C=O) groups excluding carboxylic acids is 1. The highest BCUT2D eigenvalue weighted by atomic mass is 16.1. The molecule has 0 aliphatic heterocycles. The molecule has 1 atom stereocenters. The van der Waals surface area contributed by atoms with Gasteiger partial charge in [-0.1, -0.05) is 20.8 Å². The predicted octanol–water partition coefficient (Wildman–Crippen LogP) is 2.52. The summed E-state index contributed by atoms with van der Waals surface area (Å²) >= 11 is 0. The largest absolute Gasteiger partial charge is 0.292 e. The molecule has 0 spiro atoms. The van der Waals surface area contributed by atoms with Crippen LogP contribution in [0.15, 0.2) is 12.3 Å². The van der Waals surface area contributed by atoms with Gasteiger partial charge >= 0.3 is 0 Å². The molecule has 0 aromatic carbocycles. The van der Waals surface area contributed by atoms with Gasteiger partial charge in [0.05, 0.1) is 0 Å². The molecule has 0 fully saturated rings. The third-order valence-electron chi connectivity index (χ3n) is 2.46. The fraction of sp³-hybridized carbons (Fsp3) is 0.636. The van der Waals surface area contributed by atoms with E-state index in [0.717, 1.165) is 25.1 Å². The van der Waals surface area contributed by atoms with E-state index in [0.29, 0.717) is 0 Å². The van der Waals surface area contributed by atoms with Gasteiger partial charge in [-0.3, -0.25) is 9.48 Å². The van der Waals surface area contributed by atoms with Crippen molar-refractivity contribution in [2.24, 2.45) is 5.92 Å².